The Morgan fingerprint density at radius 3 is 2.42 bits per heavy atom. The SMILES string of the molecule is COc1ccc(C(C)(C)NC(=O)c2cccc(CN)c2)cc1OC. The van der Waals surface area contributed by atoms with Crippen molar-refractivity contribution in [3.63, 3.8) is 0 Å². The van der Waals surface area contributed by atoms with E-state index < -0.39 is 5.54 Å². The van der Waals surface area contributed by atoms with Gasteiger partial charge in [-0.3, -0.25) is 4.79 Å². The van der Waals surface area contributed by atoms with E-state index in [0.29, 0.717) is 23.6 Å². The minimum absolute atomic E-state index is 0.148. The van der Waals surface area contributed by atoms with Gasteiger partial charge in [-0.15, -0.1) is 0 Å². The Balaban J connectivity index is 2.25. The van der Waals surface area contributed by atoms with Gasteiger partial charge in [0.25, 0.3) is 5.91 Å². The smallest absolute Gasteiger partial charge is 0.251 e. The van der Waals surface area contributed by atoms with Crippen LogP contribution in [0.25, 0.3) is 0 Å². The average molecular weight is 328 g/mol. The number of hydrogen-bond acceptors (Lipinski definition) is 4. The lowest BCUT2D eigenvalue weighted by Gasteiger charge is -2.28. The summed E-state index contributed by atoms with van der Waals surface area (Å²) < 4.78 is 10.6. The van der Waals surface area contributed by atoms with E-state index in [4.69, 9.17) is 15.2 Å². The molecule has 2 aromatic carbocycles. The first kappa shape index (κ1) is 17.8. The van der Waals surface area contributed by atoms with E-state index in [-0.39, 0.29) is 5.91 Å². The molecule has 5 heteroatoms. The number of amides is 1. The third-order valence-corrected chi connectivity index (χ3v) is 3.96. The number of nitrogens with one attached hydrogen (secondary N) is 1. The standard InChI is InChI=1S/C19H24N2O3/c1-19(2,15-8-9-16(23-3)17(11-15)24-4)21-18(22)14-7-5-6-13(10-14)12-20/h5-11H,12,20H2,1-4H3,(H,21,22). The summed E-state index contributed by atoms with van der Waals surface area (Å²) in [5.74, 6) is 1.13. The molecule has 0 bridgehead atoms. The minimum atomic E-state index is -0.574. The van der Waals surface area contributed by atoms with E-state index in [0.717, 1.165) is 11.1 Å². The van der Waals surface area contributed by atoms with Crippen LogP contribution in [0.15, 0.2) is 42.5 Å². The highest BCUT2D eigenvalue weighted by molar-refractivity contribution is 5.94. The molecule has 5 nitrogen and oxygen atoms in total. The molecular formula is C19H24N2O3. The number of methoxy groups -OCH3 is 2. The second-order valence-electron chi connectivity index (χ2n) is 6.05. The molecule has 0 saturated heterocycles. The van der Waals surface area contributed by atoms with Gasteiger partial charge in [-0.25, -0.2) is 0 Å². The molecule has 24 heavy (non-hydrogen) atoms. The van der Waals surface area contributed by atoms with Gasteiger partial charge in [-0.1, -0.05) is 18.2 Å². The van der Waals surface area contributed by atoms with Crippen molar-refractivity contribution in [1.82, 2.24) is 5.32 Å². The molecule has 0 fully saturated rings. The van der Waals surface area contributed by atoms with Gasteiger partial charge in [0.15, 0.2) is 11.5 Å². The van der Waals surface area contributed by atoms with Crippen LogP contribution in [-0.4, -0.2) is 20.1 Å². The maximum Gasteiger partial charge on any atom is 0.251 e. The molecule has 0 unspecified atom stereocenters. The fourth-order valence-corrected chi connectivity index (χ4v) is 2.49. The zero-order chi connectivity index (χ0) is 17.7. The number of carbonyl (C=O) groups is 1. The number of rotatable bonds is 6. The maximum atomic E-state index is 12.6. The Kier molecular flexibility index (Phi) is 5.46. The summed E-state index contributed by atoms with van der Waals surface area (Å²) in [5.41, 5.74) is 7.50. The van der Waals surface area contributed by atoms with Crippen LogP contribution in [0.4, 0.5) is 0 Å². The maximum absolute atomic E-state index is 12.6. The van der Waals surface area contributed by atoms with Crippen LogP contribution in [0, 0.1) is 0 Å². The summed E-state index contributed by atoms with van der Waals surface area (Å²) in [4.78, 5) is 12.6. The molecule has 0 atom stereocenters. The van der Waals surface area contributed by atoms with Gasteiger partial charge in [0.05, 0.1) is 19.8 Å². The van der Waals surface area contributed by atoms with Crippen LogP contribution in [0.2, 0.25) is 0 Å². The molecule has 0 aliphatic heterocycles. The molecule has 3 N–H and O–H groups in total. The molecule has 0 radical (unpaired) electrons. The highest BCUT2D eigenvalue weighted by Gasteiger charge is 2.25. The second-order valence-corrected chi connectivity index (χ2v) is 6.05. The quantitative estimate of drug-likeness (QED) is 0.855. The lowest BCUT2D eigenvalue weighted by Crippen LogP contribution is -2.41. The van der Waals surface area contributed by atoms with Crippen molar-refractivity contribution in [2.45, 2.75) is 25.9 Å². The van der Waals surface area contributed by atoms with Crippen LogP contribution in [0.3, 0.4) is 0 Å². The van der Waals surface area contributed by atoms with Crippen molar-refractivity contribution in [2.24, 2.45) is 5.73 Å². The number of ether oxygens (including phenoxy) is 2. The average Bonchev–Trinajstić information content (AvgIpc) is 2.60. The Morgan fingerprint density at radius 2 is 1.79 bits per heavy atom. The van der Waals surface area contributed by atoms with Crippen molar-refractivity contribution in [2.75, 3.05) is 14.2 Å². The normalized spacial score (nSPS) is 11.0. The van der Waals surface area contributed by atoms with E-state index in [1.165, 1.54) is 0 Å². The molecule has 0 aliphatic rings. The second kappa shape index (κ2) is 7.36. The van der Waals surface area contributed by atoms with Crippen molar-refractivity contribution in [1.29, 1.82) is 0 Å². The molecule has 0 aliphatic carbocycles. The van der Waals surface area contributed by atoms with E-state index in [1.54, 1.807) is 26.4 Å². The molecular weight excluding hydrogens is 304 g/mol. The molecule has 1 amide bonds. The lowest BCUT2D eigenvalue weighted by molar-refractivity contribution is 0.0912. The van der Waals surface area contributed by atoms with Crippen LogP contribution in [0.1, 0.15) is 35.3 Å². The van der Waals surface area contributed by atoms with Gasteiger partial charge in [0.2, 0.25) is 0 Å². The predicted octanol–water partition coefficient (Wildman–Crippen LogP) is 2.83. The Morgan fingerprint density at radius 1 is 1.08 bits per heavy atom. The predicted molar refractivity (Wildman–Crippen MR) is 94.4 cm³/mol. The third kappa shape index (κ3) is 3.86. The lowest BCUT2D eigenvalue weighted by atomic mass is 9.93. The molecule has 2 aromatic rings. The largest absolute Gasteiger partial charge is 0.493 e. The van der Waals surface area contributed by atoms with Gasteiger partial charge in [0, 0.05) is 12.1 Å². The highest BCUT2D eigenvalue weighted by Crippen LogP contribution is 2.32. The summed E-state index contributed by atoms with van der Waals surface area (Å²) in [6, 6.07) is 12.9. The third-order valence-electron chi connectivity index (χ3n) is 3.96. The summed E-state index contributed by atoms with van der Waals surface area (Å²) in [7, 11) is 3.18. The van der Waals surface area contributed by atoms with Crippen LogP contribution < -0.4 is 20.5 Å². The van der Waals surface area contributed by atoms with Crippen LogP contribution >= 0.6 is 0 Å². The molecule has 128 valence electrons. The summed E-state index contributed by atoms with van der Waals surface area (Å²) >= 11 is 0. The fraction of sp³-hybridized carbons (Fsp3) is 0.316. The van der Waals surface area contributed by atoms with E-state index in [1.807, 2.05) is 44.2 Å². The first-order valence-electron chi connectivity index (χ1n) is 7.75. The van der Waals surface area contributed by atoms with E-state index in [2.05, 4.69) is 5.32 Å². The molecule has 0 saturated carbocycles. The Hall–Kier alpha value is -2.53. The van der Waals surface area contributed by atoms with E-state index >= 15 is 0 Å². The topological polar surface area (TPSA) is 73.6 Å². The summed E-state index contributed by atoms with van der Waals surface area (Å²) in [6.45, 7) is 4.29. The van der Waals surface area contributed by atoms with Gasteiger partial charge < -0.3 is 20.5 Å². The summed E-state index contributed by atoms with van der Waals surface area (Å²) in [6.07, 6.45) is 0. The minimum Gasteiger partial charge on any atom is -0.493 e. The number of hydrogen-bond donors (Lipinski definition) is 2. The highest BCUT2D eigenvalue weighted by atomic mass is 16.5. The Labute approximate surface area is 142 Å². The van der Waals surface area contributed by atoms with E-state index in [9.17, 15) is 4.79 Å². The first-order valence-corrected chi connectivity index (χ1v) is 7.75. The number of carbonyl (C=O) groups excluding carboxylic acids is 1. The summed E-state index contributed by atoms with van der Waals surface area (Å²) in [5, 5.41) is 3.05. The molecule has 0 heterocycles. The zero-order valence-corrected chi connectivity index (χ0v) is 14.6. The zero-order valence-electron chi connectivity index (χ0n) is 14.6. The van der Waals surface area contributed by atoms with Crippen molar-refractivity contribution in [3.8, 4) is 11.5 Å². The van der Waals surface area contributed by atoms with Gasteiger partial charge in [-0.05, 0) is 49.2 Å². The van der Waals surface area contributed by atoms with Crippen molar-refractivity contribution < 1.29 is 14.3 Å². The Bertz CT molecular complexity index is 726. The van der Waals surface area contributed by atoms with Crippen molar-refractivity contribution in [3.05, 3.63) is 59.2 Å². The number of nitrogens with two attached hydrogens (primary N) is 1. The number of benzene rings is 2. The fourth-order valence-electron chi connectivity index (χ4n) is 2.49. The molecule has 0 spiro atoms. The van der Waals surface area contributed by atoms with Gasteiger partial charge in [0.1, 0.15) is 0 Å². The van der Waals surface area contributed by atoms with Crippen LogP contribution in [0.5, 0.6) is 11.5 Å². The van der Waals surface area contributed by atoms with Crippen LogP contribution in [-0.2, 0) is 12.1 Å². The molecule has 2 rings (SSSR count). The van der Waals surface area contributed by atoms with Gasteiger partial charge >= 0.3 is 0 Å². The van der Waals surface area contributed by atoms with Crippen molar-refractivity contribution >= 4 is 5.91 Å². The molecule has 0 aromatic heterocycles. The first-order chi connectivity index (χ1) is 11.4. The monoisotopic (exact) mass is 328 g/mol. The van der Waals surface area contributed by atoms with Gasteiger partial charge in [-0.2, -0.15) is 0 Å².